The SMILES string of the molecule is CCC(C)c1ccccc1OCCCCC(C)(N)CO. The van der Waals surface area contributed by atoms with Crippen LogP contribution in [0, 0.1) is 0 Å². The van der Waals surface area contributed by atoms with E-state index in [-0.39, 0.29) is 6.61 Å². The smallest absolute Gasteiger partial charge is 0.122 e. The van der Waals surface area contributed by atoms with Gasteiger partial charge in [0.15, 0.2) is 0 Å². The van der Waals surface area contributed by atoms with Gasteiger partial charge in [-0.15, -0.1) is 0 Å². The van der Waals surface area contributed by atoms with Crippen LogP contribution in [-0.2, 0) is 0 Å². The van der Waals surface area contributed by atoms with Gasteiger partial charge in [0.25, 0.3) is 0 Å². The predicted molar refractivity (Wildman–Crippen MR) is 84.2 cm³/mol. The van der Waals surface area contributed by atoms with Gasteiger partial charge >= 0.3 is 0 Å². The number of ether oxygens (including phenoxy) is 1. The first-order chi connectivity index (χ1) is 9.50. The summed E-state index contributed by atoms with van der Waals surface area (Å²) in [6, 6.07) is 8.27. The molecule has 3 heteroatoms. The topological polar surface area (TPSA) is 55.5 Å². The molecule has 0 saturated heterocycles. The van der Waals surface area contributed by atoms with Crippen molar-refractivity contribution in [1.29, 1.82) is 0 Å². The minimum Gasteiger partial charge on any atom is -0.493 e. The lowest BCUT2D eigenvalue weighted by atomic mass is 9.97. The molecule has 0 aromatic heterocycles. The quantitative estimate of drug-likeness (QED) is 0.681. The second-order valence-electron chi connectivity index (χ2n) is 5.96. The first-order valence-electron chi connectivity index (χ1n) is 7.61. The summed E-state index contributed by atoms with van der Waals surface area (Å²) in [5, 5.41) is 9.10. The average Bonchev–Trinajstić information content (AvgIpc) is 2.46. The molecule has 0 fully saturated rings. The Morgan fingerprint density at radius 1 is 1.30 bits per heavy atom. The first-order valence-corrected chi connectivity index (χ1v) is 7.61. The van der Waals surface area contributed by atoms with Crippen LogP contribution in [-0.4, -0.2) is 23.9 Å². The minimum absolute atomic E-state index is 0.0324. The van der Waals surface area contributed by atoms with E-state index in [0.29, 0.717) is 12.5 Å². The fraction of sp³-hybridized carbons (Fsp3) is 0.647. The number of unbranched alkanes of at least 4 members (excludes halogenated alkanes) is 1. The van der Waals surface area contributed by atoms with Crippen LogP contribution < -0.4 is 10.5 Å². The molecule has 0 heterocycles. The molecule has 3 nitrogen and oxygen atoms in total. The standard InChI is InChI=1S/C17H29NO2/c1-4-14(2)15-9-5-6-10-16(15)20-12-8-7-11-17(3,18)13-19/h5-6,9-10,14,19H,4,7-8,11-13,18H2,1-3H3. The lowest BCUT2D eigenvalue weighted by Crippen LogP contribution is -2.39. The highest BCUT2D eigenvalue weighted by atomic mass is 16.5. The van der Waals surface area contributed by atoms with E-state index in [2.05, 4.69) is 26.0 Å². The van der Waals surface area contributed by atoms with Gasteiger partial charge in [-0.05, 0) is 50.2 Å². The second kappa shape index (κ2) is 8.28. The molecule has 0 aliphatic rings. The molecule has 1 aromatic rings. The lowest BCUT2D eigenvalue weighted by Gasteiger charge is -2.21. The zero-order valence-electron chi connectivity index (χ0n) is 13.1. The van der Waals surface area contributed by atoms with Crippen molar-refractivity contribution in [1.82, 2.24) is 0 Å². The van der Waals surface area contributed by atoms with Gasteiger partial charge < -0.3 is 15.6 Å². The highest BCUT2D eigenvalue weighted by Gasteiger charge is 2.16. The zero-order chi connectivity index (χ0) is 15.0. The number of nitrogens with two attached hydrogens (primary N) is 1. The summed E-state index contributed by atoms with van der Waals surface area (Å²) in [5.41, 5.74) is 6.72. The molecule has 2 unspecified atom stereocenters. The Morgan fingerprint density at radius 3 is 2.65 bits per heavy atom. The van der Waals surface area contributed by atoms with Crippen LogP contribution in [0.25, 0.3) is 0 Å². The van der Waals surface area contributed by atoms with Crippen LogP contribution in [0.15, 0.2) is 24.3 Å². The maximum Gasteiger partial charge on any atom is 0.122 e. The largest absolute Gasteiger partial charge is 0.493 e. The van der Waals surface area contributed by atoms with Gasteiger partial charge in [-0.25, -0.2) is 0 Å². The van der Waals surface area contributed by atoms with Crippen LogP contribution in [0.1, 0.15) is 57.9 Å². The van der Waals surface area contributed by atoms with E-state index in [0.717, 1.165) is 31.4 Å². The number of hydrogen-bond donors (Lipinski definition) is 2. The van der Waals surface area contributed by atoms with Crippen LogP contribution in [0.5, 0.6) is 5.75 Å². The number of para-hydroxylation sites is 1. The first kappa shape index (κ1) is 17.0. The molecule has 0 spiro atoms. The van der Waals surface area contributed by atoms with Crippen molar-refractivity contribution in [3.05, 3.63) is 29.8 Å². The van der Waals surface area contributed by atoms with E-state index in [1.807, 2.05) is 19.1 Å². The lowest BCUT2D eigenvalue weighted by molar-refractivity contribution is 0.194. The van der Waals surface area contributed by atoms with Crippen LogP contribution in [0.4, 0.5) is 0 Å². The summed E-state index contributed by atoms with van der Waals surface area (Å²) in [7, 11) is 0. The Bertz CT molecular complexity index is 390. The van der Waals surface area contributed by atoms with E-state index >= 15 is 0 Å². The van der Waals surface area contributed by atoms with Crippen molar-refractivity contribution >= 4 is 0 Å². The van der Waals surface area contributed by atoms with Crippen LogP contribution in [0.3, 0.4) is 0 Å². The molecule has 0 amide bonds. The molecule has 0 radical (unpaired) electrons. The Morgan fingerprint density at radius 2 is 2.00 bits per heavy atom. The van der Waals surface area contributed by atoms with Crippen molar-refractivity contribution in [2.45, 2.75) is 57.9 Å². The van der Waals surface area contributed by atoms with E-state index in [9.17, 15) is 0 Å². The third-order valence-corrected chi connectivity index (χ3v) is 3.82. The Labute approximate surface area is 123 Å². The monoisotopic (exact) mass is 279 g/mol. The van der Waals surface area contributed by atoms with Gasteiger partial charge in [0, 0.05) is 5.54 Å². The molecule has 3 N–H and O–H groups in total. The number of aliphatic hydroxyl groups is 1. The van der Waals surface area contributed by atoms with Crippen molar-refractivity contribution in [2.24, 2.45) is 5.73 Å². The average molecular weight is 279 g/mol. The molecule has 0 aliphatic carbocycles. The second-order valence-corrected chi connectivity index (χ2v) is 5.96. The van der Waals surface area contributed by atoms with Gasteiger partial charge in [0.1, 0.15) is 5.75 Å². The van der Waals surface area contributed by atoms with E-state index in [4.69, 9.17) is 15.6 Å². The van der Waals surface area contributed by atoms with Crippen molar-refractivity contribution in [3.8, 4) is 5.75 Å². The van der Waals surface area contributed by atoms with E-state index in [1.165, 1.54) is 5.56 Å². The fourth-order valence-electron chi connectivity index (χ4n) is 2.13. The maximum absolute atomic E-state index is 9.10. The summed E-state index contributed by atoms with van der Waals surface area (Å²) in [6.07, 6.45) is 3.86. The van der Waals surface area contributed by atoms with Gasteiger partial charge in [-0.3, -0.25) is 0 Å². The van der Waals surface area contributed by atoms with Gasteiger partial charge in [-0.2, -0.15) is 0 Å². The normalized spacial score (nSPS) is 15.7. The summed E-state index contributed by atoms with van der Waals surface area (Å²) in [5.74, 6) is 1.52. The predicted octanol–water partition coefficient (Wildman–Crippen LogP) is 3.46. The van der Waals surface area contributed by atoms with Gasteiger partial charge in [0.05, 0.1) is 13.2 Å². The number of aliphatic hydroxyl groups excluding tert-OH is 1. The molecule has 1 aromatic carbocycles. The number of rotatable bonds is 9. The van der Waals surface area contributed by atoms with Crippen molar-refractivity contribution in [2.75, 3.05) is 13.2 Å². The number of benzene rings is 1. The molecular formula is C17H29NO2. The fourth-order valence-corrected chi connectivity index (χ4v) is 2.13. The Balaban J connectivity index is 2.39. The number of hydrogen-bond acceptors (Lipinski definition) is 3. The summed E-state index contributed by atoms with van der Waals surface area (Å²) >= 11 is 0. The molecule has 20 heavy (non-hydrogen) atoms. The molecule has 0 bridgehead atoms. The van der Waals surface area contributed by atoms with Gasteiger partial charge in [0.2, 0.25) is 0 Å². The maximum atomic E-state index is 9.10. The molecule has 114 valence electrons. The zero-order valence-corrected chi connectivity index (χ0v) is 13.1. The van der Waals surface area contributed by atoms with Crippen LogP contribution in [0.2, 0.25) is 0 Å². The third kappa shape index (κ3) is 5.51. The summed E-state index contributed by atoms with van der Waals surface area (Å²) in [6.45, 7) is 7.04. The van der Waals surface area contributed by atoms with E-state index in [1.54, 1.807) is 0 Å². The van der Waals surface area contributed by atoms with Crippen LogP contribution >= 0.6 is 0 Å². The highest BCUT2D eigenvalue weighted by molar-refractivity contribution is 5.35. The van der Waals surface area contributed by atoms with Crippen molar-refractivity contribution < 1.29 is 9.84 Å². The molecule has 0 saturated carbocycles. The molecule has 1 rings (SSSR count). The van der Waals surface area contributed by atoms with E-state index < -0.39 is 5.54 Å². The van der Waals surface area contributed by atoms with Crippen molar-refractivity contribution in [3.63, 3.8) is 0 Å². The minimum atomic E-state index is -0.464. The third-order valence-electron chi connectivity index (χ3n) is 3.82. The van der Waals surface area contributed by atoms with Gasteiger partial charge in [-0.1, -0.05) is 32.0 Å². The Hall–Kier alpha value is -1.06. The summed E-state index contributed by atoms with van der Waals surface area (Å²) in [4.78, 5) is 0. The highest BCUT2D eigenvalue weighted by Crippen LogP contribution is 2.28. The molecule has 2 atom stereocenters. The molecular weight excluding hydrogens is 250 g/mol. The molecule has 0 aliphatic heterocycles. The summed E-state index contributed by atoms with van der Waals surface area (Å²) < 4.78 is 5.91. The Kier molecular flexibility index (Phi) is 7.03.